The first-order valence-electron chi connectivity index (χ1n) is 8.55. The van der Waals surface area contributed by atoms with Crippen LogP contribution < -0.4 is 5.32 Å². The number of aromatic amines is 2. The van der Waals surface area contributed by atoms with E-state index in [1.54, 1.807) is 18.6 Å². The van der Waals surface area contributed by atoms with Crippen LogP contribution >= 0.6 is 0 Å². The van der Waals surface area contributed by atoms with Gasteiger partial charge in [-0.25, -0.2) is 0 Å². The zero-order valence-electron chi connectivity index (χ0n) is 14.2. The lowest BCUT2D eigenvalue weighted by Crippen LogP contribution is -2.11. The molecule has 5 aromatic rings. The van der Waals surface area contributed by atoms with Crippen molar-refractivity contribution in [3.8, 4) is 11.1 Å². The molecule has 2 aromatic carbocycles. The molecule has 0 fully saturated rings. The Morgan fingerprint density at radius 3 is 2.70 bits per heavy atom. The van der Waals surface area contributed by atoms with Crippen molar-refractivity contribution in [2.75, 3.05) is 5.32 Å². The van der Waals surface area contributed by atoms with Crippen molar-refractivity contribution in [3.63, 3.8) is 0 Å². The van der Waals surface area contributed by atoms with E-state index in [-0.39, 0.29) is 5.91 Å². The summed E-state index contributed by atoms with van der Waals surface area (Å²) in [6, 6.07) is 17.6. The third-order valence-corrected chi connectivity index (χ3v) is 4.56. The zero-order valence-corrected chi connectivity index (χ0v) is 14.2. The highest BCUT2D eigenvalue weighted by molar-refractivity contribution is 6.12. The predicted molar refractivity (Wildman–Crippen MR) is 106 cm³/mol. The van der Waals surface area contributed by atoms with Crippen molar-refractivity contribution in [2.24, 2.45) is 0 Å². The van der Waals surface area contributed by atoms with E-state index >= 15 is 0 Å². The molecule has 130 valence electrons. The normalized spacial score (nSPS) is 11.1. The third kappa shape index (κ3) is 2.73. The van der Waals surface area contributed by atoms with Crippen molar-refractivity contribution >= 4 is 33.5 Å². The van der Waals surface area contributed by atoms with Gasteiger partial charge in [0.15, 0.2) is 0 Å². The average Bonchev–Trinajstić information content (AvgIpc) is 3.34. The van der Waals surface area contributed by atoms with Gasteiger partial charge in [-0.1, -0.05) is 30.3 Å². The Morgan fingerprint density at radius 1 is 0.926 bits per heavy atom. The van der Waals surface area contributed by atoms with E-state index in [9.17, 15) is 4.79 Å². The third-order valence-electron chi connectivity index (χ3n) is 4.56. The summed E-state index contributed by atoms with van der Waals surface area (Å²) < 4.78 is 0. The number of hydrogen-bond donors (Lipinski definition) is 3. The van der Waals surface area contributed by atoms with Crippen molar-refractivity contribution in [3.05, 3.63) is 78.8 Å². The molecular formula is C21H15N5O. The Hall–Kier alpha value is -3.93. The van der Waals surface area contributed by atoms with Gasteiger partial charge in [0.25, 0.3) is 5.91 Å². The van der Waals surface area contributed by atoms with Gasteiger partial charge in [-0.2, -0.15) is 5.10 Å². The summed E-state index contributed by atoms with van der Waals surface area (Å²) in [6.45, 7) is 0. The largest absolute Gasteiger partial charge is 0.359 e. The van der Waals surface area contributed by atoms with Crippen LogP contribution in [0.4, 0.5) is 5.69 Å². The SMILES string of the molecule is O=C(Nc1ccc2[nH]ncc2c1)c1c[nH]c2cc(-c3ccccc3)cnc12. The number of nitrogens with zero attached hydrogens (tertiary/aromatic N) is 2. The van der Waals surface area contributed by atoms with Gasteiger partial charge in [-0.15, -0.1) is 0 Å². The lowest BCUT2D eigenvalue weighted by Gasteiger charge is -2.05. The van der Waals surface area contributed by atoms with Crippen LogP contribution in [0.15, 0.2) is 73.2 Å². The number of fused-ring (bicyclic) bond motifs is 2. The number of benzene rings is 2. The number of anilines is 1. The van der Waals surface area contributed by atoms with Gasteiger partial charge in [0.05, 0.1) is 22.8 Å². The Morgan fingerprint density at radius 2 is 1.81 bits per heavy atom. The lowest BCUT2D eigenvalue weighted by molar-refractivity contribution is 0.102. The molecule has 6 nitrogen and oxygen atoms in total. The van der Waals surface area contributed by atoms with E-state index < -0.39 is 0 Å². The van der Waals surface area contributed by atoms with Gasteiger partial charge in [0.2, 0.25) is 0 Å². The van der Waals surface area contributed by atoms with Crippen molar-refractivity contribution < 1.29 is 4.79 Å². The Bertz CT molecular complexity index is 1270. The van der Waals surface area contributed by atoms with E-state index in [0.29, 0.717) is 16.8 Å². The molecule has 0 unspecified atom stereocenters. The first kappa shape index (κ1) is 15.3. The first-order valence-corrected chi connectivity index (χ1v) is 8.55. The molecule has 0 saturated heterocycles. The molecule has 3 aromatic heterocycles. The molecule has 27 heavy (non-hydrogen) atoms. The smallest absolute Gasteiger partial charge is 0.259 e. The Kier molecular flexibility index (Phi) is 3.47. The van der Waals surface area contributed by atoms with Crippen molar-refractivity contribution in [2.45, 2.75) is 0 Å². The molecule has 6 heteroatoms. The maximum absolute atomic E-state index is 12.7. The predicted octanol–water partition coefficient (Wildman–Crippen LogP) is 4.36. The molecule has 3 heterocycles. The summed E-state index contributed by atoms with van der Waals surface area (Å²) in [5, 5.41) is 10.8. The topological polar surface area (TPSA) is 86.5 Å². The molecule has 3 N–H and O–H groups in total. The molecule has 0 radical (unpaired) electrons. The van der Waals surface area contributed by atoms with Crippen LogP contribution in [-0.4, -0.2) is 26.1 Å². The Labute approximate surface area is 154 Å². The number of carbonyl (C=O) groups is 1. The maximum Gasteiger partial charge on any atom is 0.259 e. The van der Waals surface area contributed by atoms with Crippen molar-refractivity contribution in [1.82, 2.24) is 20.2 Å². The second-order valence-electron chi connectivity index (χ2n) is 6.31. The number of carbonyl (C=O) groups excluding carboxylic acids is 1. The molecule has 0 aliphatic rings. The van der Waals surface area contributed by atoms with Crippen LogP contribution in [0.1, 0.15) is 10.4 Å². The van der Waals surface area contributed by atoms with Gasteiger partial charge in [0.1, 0.15) is 5.52 Å². The van der Waals surface area contributed by atoms with Crippen LogP contribution in [0.25, 0.3) is 33.1 Å². The summed E-state index contributed by atoms with van der Waals surface area (Å²) in [5.41, 5.74) is 5.71. The highest BCUT2D eigenvalue weighted by Crippen LogP contribution is 2.25. The quantitative estimate of drug-likeness (QED) is 0.450. The van der Waals surface area contributed by atoms with Crippen LogP contribution in [0, 0.1) is 0 Å². The van der Waals surface area contributed by atoms with Crippen molar-refractivity contribution in [1.29, 1.82) is 0 Å². The average molecular weight is 353 g/mol. The molecular weight excluding hydrogens is 338 g/mol. The fraction of sp³-hybridized carbons (Fsp3) is 0. The van der Waals surface area contributed by atoms with Crippen LogP contribution in [0.5, 0.6) is 0 Å². The second kappa shape index (κ2) is 6.10. The minimum atomic E-state index is -0.205. The fourth-order valence-corrected chi connectivity index (χ4v) is 3.19. The summed E-state index contributed by atoms with van der Waals surface area (Å²) in [5.74, 6) is -0.205. The van der Waals surface area contributed by atoms with E-state index in [0.717, 1.165) is 27.5 Å². The molecule has 0 spiro atoms. The minimum Gasteiger partial charge on any atom is -0.359 e. The molecule has 5 rings (SSSR count). The maximum atomic E-state index is 12.7. The van der Waals surface area contributed by atoms with Gasteiger partial charge >= 0.3 is 0 Å². The highest BCUT2D eigenvalue weighted by atomic mass is 16.1. The van der Waals surface area contributed by atoms with E-state index in [1.807, 2.05) is 54.6 Å². The van der Waals surface area contributed by atoms with Gasteiger partial charge < -0.3 is 10.3 Å². The van der Waals surface area contributed by atoms with E-state index in [4.69, 9.17) is 0 Å². The number of nitrogens with one attached hydrogen (secondary N) is 3. The summed E-state index contributed by atoms with van der Waals surface area (Å²) >= 11 is 0. The summed E-state index contributed by atoms with van der Waals surface area (Å²) in [7, 11) is 0. The molecule has 1 amide bonds. The fourth-order valence-electron chi connectivity index (χ4n) is 3.19. The molecule has 0 saturated carbocycles. The van der Waals surface area contributed by atoms with Crippen LogP contribution in [0.2, 0.25) is 0 Å². The molecule has 0 bridgehead atoms. The van der Waals surface area contributed by atoms with Crippen LogP contribution in [0.3, 0.4) is 0 Å². The standard InChI is InChI=1S/C21H15N5O/c27-21(25-16-6-7-18-15(8-16)11-24-26-18)17-12-22-19-9-14(10-23-20(17)19)13-4-2-1-3-5-13/h1-12,22H,(H,24,26)(H,25,27). The second-order valence-corrected chi connectivity index (χ2v) is 6.31. The number of H-pyrrole nitrogens is 2. The minimum absolute atomic E-state index is 0.205. The Balaban J connectivity index is 1.46. The van der Waals surface area contributed by atoms with Gasteiger partial charge in [-0.3, -0.25) is 14.9 Å². The zero-order chi connectivity index (χ0) is 18.2. The number of rotatable bonds is 3. The monoisotopic (exact) mass is 353 g/mol. The summed E-state index contributed by atoms with van der Waals surface area (Å²) in [4.78, 5) is 20.4. The van der Waals surface area contributed by atoms with Crippen LogP contribution in [-0.2, 0) is 0 Å². The van der Waals surface area contributed by atoms with E-state index in [1.165, 1.54) is 0 Å². The van der Waals surface area contributed by atoms with Gasteiger partial charge in [0, 0.05) is 29.0 Å². The summed E-state index contributed by atoms with van der Waals surface area (Å²) in [6.07, 6.45) is 5.21. The first-order chi connectivity index (χ1) is 13.3. The van der Waals surface area contributed by atoms with Gasteiger partial charge in [-0.05, 0) is 29.8 Å². The number of aromatic nitrogens is 4. The molecule has 0 aliphatic heterocycles. The number of pyridine rings is 1. The number of amides is 1. The van der Waals surface area contributed by atoms with E-state index in [2.05, 4.69) is 25.5 Å². The number of hydrogen-bond acceptors (Lipinski definition) is 3. The lowest BCUT2D eigenvalue weighted by atomic mass is 10.1. The highest BCUT2D eigenvalue weighted by Gasteiger charge is 2.14. The molecule has 0 atom stereocenters. The molecule has 0 aliphatic carbocycles.